The number of fused-ring (bicyclic) bond motifs is 2. The summed E-state index contributed by atoms with van der Waals surface area (Å²) in [6.07, 6.45) is 1.50. The van der Waals surface area contributed by atoms with Crippen LogP contribution >= 0.6 is 15.9 Å². The third-order valence-corrected chi connectivity index (χ3v) is 6.95. The van der Waals surface area contributed by atoms with Crippen LogP contribution in [0.4, 0.5) is 5.69 Å². The molecule has 0 atom stereocenters. The predicted molar refractivity (Wildman–Crippen MR) is 131 cm³/mol. The monoisotopic (exact) mass is 522 g/mol. The number of pyridine rings is 1. The first-order chi connectivity index (χ1) is 15.8. The minimum atomic E-state index is -4.08. The first kappa shape index (κ1) is 21.1. The Bertz CT molecular complexity index is 1640. The molecule has 0 aliphatic carbocycles. The molecule has 0 saturated carbocycles. The lowest BCUT2D eigenvalue weighted by Crippen LogP contribution is -2.31. The number of para-hydroxylation sites is 2. The third kappa shape index (κ3) is 3.73. The molecule has 164 valence electrons. The number of sulfonamides is 1. The van der Waals surface area contributed by atoms with E-state index in [-0.39, 0.29) is 27.7 Å². The smallest absolute Gasteiger partial charge is 0.286 e. The van der Waals surface area contributed by atoms with Gasteiger partial charge in [-0.3, -0.25) is 4.79 Å². The van der Waals surface area contributed by atoms with E-state index in [1.54, 1.807) is 42.5 Å². The average Bonchev–Trinajstić information content (AvgIpc) is 2.80. The zero-order valence-corrected chi connectivity index (χ0v) is 19.2. The van der Waals surface area contributed by atoms with Gasteiger partial charge in [0.25, 0.3) is 15.6 Å². The summed E-state index contributed by atoms with van der Waals surface area (Å²) in [6.45, 7) is 0. The molecule has 5 rings (SSSR count). The second-order valence-electron chi connectivity index (χ2n) is 7.19. The van der Waals surface area contributed by atoms with E-state index in [1.165, 1.54) is 12.3 Å². The Morgan fingerprint density at radius 2 is 1.70 bits per heavy atom. The first-order valence-electron chi connectivity index (χ1n) is 9.73. The molecule has 1 aliphatic heterocycles. The van der Waals surface area contributed by atoms with E-state index >= 15 is 0 Å². The number of aromatic hydroxyl groups is 1. The lowest BCUT2D eigenvalue weighted by atomic mass is 10.1. The van der Waals surface area contributed by atoms with Gasteiger partial charge in [0, 0.05) is 9.86 Å². The Morgan fingerprint density at radius 1 is 1.00 bits per heavy atom. The minimum absolute atomic E-state index is 0.0115. The number of hydrogen-bond donors (Lipinski definition) is 2. The van der Waals surface area contributed by atoms with Crippen LogP contribution in [0.1, 0.15) is 11.1 Å². The molecule has 1 aliphatic rings. The largest absolute Gasteiger partial charge is 0.506 e. The van der Waals surface area contributed by atoms with Crippen molar-refractivity contribution in [3.8, 4) is 5.75 Å². The number of amidine groups is 1. The Kier molecular flexibility index (Phi) is 5.10. The Labute approximate surface area is 196 Å². The lowest BCUT2D eigenvalue weighted by Gasteiger charge is -2.19. The normalized spacial score (nSPS) is 14.6. The van der Waals surface area contributed by atoms with E-state index in [2.05, 4.69) is 30.7 Å². The fourth-order valence-electron chi connectivity index (χ4n) is 3.53. The van der Waals surface area contributed by atoms with Crippen molar-refractivity contribution in [2.24, 2.45) is 9.50 Å². The zero-order chi connectivity index (χ0) is 23.2. The Morgan fingerprint density at radius 3 is 2.48 bits per heavy atom. The van der Waals surface area contributed by atoms with Gasteiger partial charge in [-0.15, -0.1) is 4.40 Å². The van der Waals surface area contributed by atoms with Gasteiger partial charge in [0.15, 0.2) is 5.84 Å². The highest BCUT2D eigenvalue weighted by Gasteiger charge is 2.29. The van der Waals surface area contributed by atoms with Gasteiger partial charge < -0.3 is 10.4 Å². The van der Waals surface area contributed by atoms with Crippen LogP contribution in [0.5, 0.6) is 5.75 Å². The highest BCUT2D eigenvalue weighted by Crippen LogP contribution is 2.32. The van der Waals surface area contributed by atoms with Crippen LogP contribution in [0, 0.1) is 0 Å². The second kappa shape index (κ2) is 7.98. The molecule has 0 bridgehead atoms. The maximum atomic E-state index is 13.5. The SMILES string of the molecule is O=c1c(C2=NS(=O)(=O)c3ccccc3N2)c(O)c2ccccc2n1N=Cc1ccc(Br)cc1. The fourth-order valence-corrected chi connectivity index (χ4v) is 4.92. The van der Waals surface area contributed by atoms with Crippen molar-refractivity contribution in [3.05, 3.63) is 98.7 Å². The van der Waals surface area contributed by atoms with Crippen molar-refractivity contribution >= 4 is 54.6 Å². The fraction of sp³-hybridized carbons (Fsp3) is 0. The van der Waals surface area contributed by atoms with Crippen molar-refractivity contribution in [1.29, 1.82) is 0 Å². The third-order valence-electron chi connectivity index (χ3n) is 5.09. The summed E-state index contributed by atoms with van der Waals surface area (Å²) in [4.78, 5) is 13.5. The average molecular weight is 523 g/mol. The number of aromatic nitrogens is 1. The van der Waals surface area contributed by atoms with E-state index in [1.807, 2.05) is 24.3 Å². The predicted octanol–water partition coefficient (Wildman–Crippen LogP) is 3.91. The van der Waals surface area contributed by atoms with Crippen molar-refractivity contribution in [3.63, 3.8) is 0 Å². The van der Waals surface area contributed by atoms with Crippen LogP contribution in [0.15, 0.2) is 96.5 Å². The van der Waals surface area contributed by atoms with Crippen molar-refractivity contribution in [2.45, 2.75) is 4.90 Å². The summed E-state index contributed by atoms with van der Waals surface area (Å²) in [6, 6.07) is 20.2. The molecule has 2 heterocycles. The summed E-state index contributed by atoms with van der Waals surface area (Å²) in [7, 11) is -4.08. The lowest BCUT2D eigenvalue weighted by molar-refractivity contribution is 0.478. The number of anilines is 1. The first-order valence-corrected chi connectivity index (χ1v) is 12.0. The van der Waals surface area contributed by atoms with Crippen LogP contribution in [0.25, 0.3) is 10.9 Å². The quantitative estimate of drug-likeness (QED) is 0.396. The molecule has 0 radical (unpaired) electrons. The number of nitrogens with one attached hydrogen (secondary N) is 1. The number of rotatable bonds is 3. The van der Waals surface area contributed by atoms with Gasteiger partial charge in [-0.1, -0.05) is 52.3 Å². The molecule has 0 saturated heterocycles. The zero-order valence-electron chi connectivity index (χ0n) is 16.8. The van der Waals surface area contributed by atoms with Crippen LogP contribution in [-0.2, 0) is 10.0 Å². The van der Waals surface area contributed by atoms with Crippen molar-refractivity contribution in [2.75, 3.05) is 5.32 Å². The van der Waals surface area contributed by atoms with Crippen LogP contribution in [-0.4, -0.2) is 30.3 Å². The molecular weight excluding hydrogens is 508 g/mol. The summed E-state index contributed by atoms with van der Waals surface area (Å²) in [5.74, 6) is -0.652. The van der Waals surface area contributed by atoms with Gasteiger partial charge >= 0.3 is 0 Å². The molecule has 10 heteroatoms. The summed E-state index contributed by atoms with van der Waals surface area (Å²) >= 11 is 3.37. The Balaban J connectivity index is 1.74. The number of halogens is 1. The highest BCUT2D eigenvalue weighted by atomic mass is 79.9. The molecule has 0 fully saturated rings. The summed E-state index contributed by atoms with van der Waals surface area (Å²) in [5, 5.41) is 18.5. The molecule has 8 nitrogen and oxygen atoms in total. The maximum absolute atomic E-state index is 13.5. The van der Waals surface area contributed by atoms with E-state index in [0.29, 0.717) is 10.9 Å². The molecule has 33 heavy (non-hydrogen) atoms. The standard InChI is InChI=1S/C23H15BrN4O4S/c24-15-11-9-14(10-12-15)13-25-28-18-7-3-1-5-16(18)21(29)20(23(28)30)22-26-17-6-2-4-8-19(17)33(31,32)27-22/h1-13,29H,(H,26,27). The molecular formula is C23H15BrN4O4S. The van der Waals surface area contributed by atoms with Gasteiger partial charge in [-0.25, -0.2) is 0 Å². The number of nitrogens with zero attached hydrogens (tertiary/aromatic N) is 3. The van der Waals surface area contributed by atoms with Crippen LogP contribution in [0.2, 0.25) is 0 Å². The summed E-state index contributed by atoms with van der Waals surface area (Å²) < 4.78 is 31.2. The minimum Gasteiger partial charge on any atom is -0.506 e. The van der Waals surface area contributed by atoms with Gasteiger partial charge in [0.2, 0.25) is 0 Å². The van der Waals surface area contributed by atoms with Gasteiger partial charge in [0.05, 0.1) is 17.4 Å². The molecule has 0 spiro atoms. The highest BCUT2D eigenvalue weighted by molar-refractivity contribution is 9.10. The maximum Gasteiger partial charge on any atom is 0.286 e. The van der Waals surface area contributed by atoms with E-state index < -0.39 is 15.6 Å². The number of benzene rings is 3. The Hall–Kier alpha value is -3.76. The van der Waals surface area contributed by atoms with Gasteiger partial charge in [0.1, 0.15) is 16.2 Å². The van der Waals surface area contributed by atoms with Crippen molar-refractivity contribution in [1.82, 2.24) is 4.68 Å². The second-order valence-corrected chi connectivity index (χ2v) is 9.68. The van der Waals surface area contributed by atoms with Gasteiger partial charge in [-0.05, 0) is 42.0 Å². The molecule has 2 N–H and O–H groups in total. The van der Waals surface area contributed by atoms with Crippen LogP contribution in [0.3, 0.4) is 0 Å². The van der Waals surface area contributed by atoms with Crippen LogP contribution < -0.4 is 10.9 Å². The number of hydrogen-bond acceptors (Lipinski definition) is 6. The molecule has 0 unspecified atom stereocenters. The molecule has 4 aromatic rings. The van der Waals surface area contributed by atoms with E-state index in [0.717, 1.165) is 14.7 Å². The van der Waals surface area contributed by atoms with E-state index in [9.17, 15) is 18.3 Å². The topological polar surface area (TPSA) is 113 Å². The molecule has 3 aromatic carbocycles. The van der Waals surface area contributed by atoms with E-state index in [4.69, 9.17) is 0 Å². The summed E-state index contributed by atoms with van der Waals surface area (Å²) in [5.41, 5.74) is 0.352. The molecule has 1 aromatic heterocycles. The van der Waals surface area contributed by atoms with Crippen molar-refractivity contribution < 1.29 is 13.5 Å². The van der Waals surface area contributed by atoms with Gasteiger partial charge in [-0.2, -0.15) is 18.2 Å². The molecule has 0 amide bonds.